The van der Waals surface area contributed by atoms with Crippen LogP contribution in [0.4, 0.5) is 13.2 Å². The molecule has 0 saturated carbocycles. The number of benzene rings is 5. The summed E-state index contributed by atoms with van der Waals surface area (Å²) in [5, 5.41) is 3.54. The van der Waals surface area contributed by atoms with Crippen LogP contribution >= 0.6 is 0 Å². The van der Waals surface area contributed by atoms with Gasteiger partial charge in [0.25, 0.3) is 0 Å². The third kappa shape index (κ3) is 3.12. The molecule has 0 radical (unpaired) electrons. The lowest BCUT2D eigenvalue weighted by Crippen LogP contribution is -1.95. The van der Waals surface area contributed by atoms with Crippen LogP contribution in [0.25, 0.3) is 43.8 Å². The lowest BCUT2D eigenvalue weighted by molar-refractivity contribution is 0.415. The highest BCUT2D eigenvalue weighted by Gasteiger charge is 2.19. The largest absolute Gasteiger partial charge is 0.497 e. The molecule has 0 aromatic heterocycles. The topological polar surface area (TPSA) is 9.23 Å². The van der Waals surface area contributed by atoms with E-state index in [4.69, 9.17) is 4.74 Å². The van der Waals surface area contributed by atoms with Gasteiger partial charge < -0.3 is 4.74 Å². The monoisotopic (exact) mass is 414 g/mol. The molecule has 0 aliphatic heterocycles. The fraction of sp³-hybridized carbons (Fsp3) is 0.0370. The van der Waals surface area contributed by atoms with Crippen molar-refractivity contribution in [2.24, 2.45) is 0 Å². The Morgan fingerprint density at radius 1 is 0.548 bits per heavy atom. The van der Waals surface area contributed by atoms with Crippen LogP contribution < -0.4 is 4.74 Å². The molecule has 31 heavy (non-hydrogen) atoms. The van der Waals surface area contributed by atoms with Gasteiger partial charge in [0.2, 0.25) is 0 Å². The van der Waals surface area contributed by atoms with Crippen molar-refractivity contribution in [3.8, 4) is 28.0 Å². The Balaban J connectivity index is 1.93. The molecule has 0 heterocycles. The lowest BCUT2D eigenvalue weighted by atomic mass is 9.86. The van der Waals surface area contributed by atoms with E-state index in [0.717, 1.165) is 50.6 Å². The number of hydrogen-bond donors (Lipinski definition) is 0. The first-order valence-electron chi connectivity index (χ1n) is 9.81. The zero-order valence-corrected chi connectivity index (χ0v) is 16.6. The molecule has 0 atom stereocenters. The standard InChI is InChI=1S/C27H17F3O/c1-31-18-12-10-16(11-13-18)25-19-6-2-4-8-21(19)26(22-9-5-3-7-20(22)25)17-14-23(28)27(30)24(29)15-17/h2-15H,1H3. The van der Waals surface area contributed by atoms with Gasteiger partial charge >= 0.3 is 0 Å². The SMILES string of the molecule is COc1ccc(-c2c3ccccc3c(-c3cc(F)c(F)c(F)c3)c3ccccc23)cc1. The van der Waals surface area contributed by atoms with E-state index < -0.39 is 17.5 Å². The van der Waals surface area contributed by atoms with Gasteiger partial charge in [0.1, 0.15) is 5.75 Å². The van der Waals surface area contributed by atoms with Crippen LogP contribution in [0.1, 0.15) is 0 Å². The minimum absolute atomic E-state index is 0.296. The molecule has 0 N–H and O–H groups in total. The second kappa shape index (κ2) is 7.47. The molecule has 152 valence electrons. The molecule has 0 aliphatic rings. The first kappa shape index (κ1) is 19.2. The van der Waals surface area contributed by atoms with Crippen molar-refractivity contribution in [2.75, 3.05) is 7.11 Å². The predicted octanol–water partition coefficient (Wildman–Crippen LogP) is 7.75. The maximum absolute atomic E-state index is 14.1. The van der Waals surface area contributed by atoms with Gasteiger partial charge in [-0.25, -0.2) is 13.2 Å². The fourth-order valence-electron chi connectivity index (χ4n) is 4.21. The molecular formula is C27H17F3O. The number of fused-ring (bicyclic) bond motifs is 2. The predicted molar refractivity (Wildman–Crippen MR) is 119 cm³/mol. The quantitative estimate of drug-likeness (QED) is 0.217. The van der Waals surface area contributed by atoms with Crippen LogP contribution in [0, 0.1) is 17.5 Å². The summed E-state index contributed by atoms with van der Waals surface area (Å²) < 4.78 is 47.2. The zero-order chi connectivity index (χ0) is 21.5. The highest BCUT2D eigenvalue weighted by Crippen LogP contribution is 2.44. The van der Waals surface area contributed by atoms with Crippen molar-refractivity contribution >= 4 is 21.5 Å². The number of rotatable bonds is 3. The Morgan fingerprint density at radius 3 is 1.39 bits per heavy atom. The minimum Gasteiger partial charge on any atom is -0.497 e. The Bertz CT molecular complexity index is 1360. The van der Waals surface area contributed by atoms with Crippen LogP contribution in [-0.2, 0) is 0 Å². The van der Waals surface area contributed by atoms with Crippen LogP contribution in [0.15, 0.2) is 84.9 Å². The number of ether oxygens (including phenoxy) is 1. The number of methoxy groups -OCH3 is 1. The minimum atomic E-state index is -1.47. The van der Waals surface area contributed by atoms with Gasteiger partial charge in [-0.3, -0.25) is 0 Å². The highest BCUT2D eigenvalue weighted by molar-refractivity contribution is 6.21. The van der Waals surface area contributed by atoms with Crippen molar-refractivity contribution in [1.29, 1.82) is 0 Å². The van der Waals surface area contributed by atoms with Gasteiger partial charge in [-0.05, 0) is 68.1 Å². The van der Waals surface area contributed by atoms with Crippen molar-refractivity contribution in [1.82, 2.24) is 0 Å². The molecule has 4 heteroatoms. The van der Waals surface area contributed by atoms with Gasteiger partial charge in [-0.2, -0.15) is 0 Å². The first-order chi connectivity index (χ1) is 15.1. The Hall–Kier alpha value is -3.79. The summed E-state index contributed by atoms with van der Waals surface area (Å²) in [6.45, 7) is 0. The van der Waals surface area contributed by atoms with E-state index >= 15 is 0 Å². The van der Waals surface area contributed by atoms with E-state index in [1.807, 2.05) is 72.8 Å². The zero-order valence-electron chi connectivity index (χ0n) is 16.6. The summed E-state index contributed by atoms with van der Waals surface area (Å²) in [7, 11) is 1.62. The Kier molecular flexibility index (Phi) is 4.63. The van der Waals surface area contributed by atoms with Gasteiger partial charge in [0.05, 0.1) is 7.11 Å². The summed E-state index contributed by atoms with van der Waals surface area (Å²) in [4.78, 5) is 0. The smallest absolute Gasteiger partial charge is 0.194 e. The molecule has 0 bridgehead atoms. The lowest BCUT2D eigenvalue weighted by Gasteiger charge is -2.18. The van der Waals surface area contributed by atoms with Crippen LogP contribution in [0.5, 0.6) is 5.75 Å². The maximum atomic E-state index is 14.1. The number of halogens is 3. The molecule has 0 unspecified atom stereocenters. The van der Waals surface area contributed by atoms with E-state index in [-0.39, 0.29) is 0 Å². The second-order valence-electron chi connectivity index (χ2n) is 7.32. The average molecular weight is 414 g/mol. The summed E-state index contributed by atoms with van der Waals surface area (Å²) in [6, 6.07) is 25.3. The van der Waals surface area contributed by atoms with Gasteiger partial charge in [0.15, 0.2) is 17.5 Å². The Morgan fingerprint density at radius 2 is 0.968 bits per heavy atom. The summed E-state index contributed by atoms with van der Waals surface area (Å²) >= 11 is 0. The fourth-order valence-corrected chi connectivity index (χ4v) is 4.21. The van der Waals surface area contributed by atoms with Crippen molar-refractivity contribution < 1.29 is 17.9 Å². The molecule has 5 rings (SSSR count). The van der Waals surface area contributed by atoms with E-state index in [9.17, 15) is 13.2 Å². The molecule has 5 aromatic carbocycles. The maximum Gasteiger partial charge on any atom is 0.194 e. The first-order valence-corrected chi connectivity index (χ1v) is 9.81. The third-order valence-corrected chi connectivity index (χ3v) is 5.58. The highest BCUT2D eigenvalue weighted by atomic mass is 19.2. The van der Waals surface area contributed by atoms with Crippen LogP contribution in [-0.4, -0.2) is 7.11 Å². The summed E-state index contributed by atoms with van der Waals surface area (Å²) in [5.41, 5.74) is 2.98. The van der Waals surface area contributed by atoms with Crippen LogP contribution in [0.3, 0.4) is 0 Å². The van der Waals surface area contributed by atoms with E-state index in [1.54, 1.807) is 7.11 Å². The van der Waals surface area contributed by atoms with Gasteiger partial charge in [-0.15, -0.1) is 0 Å². The van der Waals surface area contributed by atoms with Crippen molar-refractivity contribution in [3.63, 3.8) is 0 Å². The Labute approximate surface area is 177 Å². The van der Waals surface area contributed by atoms with Crippen molar-refractivity contribution in [2.45, 2.75) is 0 Å². The summed E-state index contributed by atoms with van der Waals surface area (Å²) in [6.07, 6.45) is 0. The molecule has 0 spiro atoms. The van der Waals surface area contributed by atoms with Gasteiger partial charge in [0, 0.05) is 0 Å². The molecule has 0 fully saturated rings. The number of hydrogen-bond acceptors (Lipinski definition) is 1. The van der Waals surface area contributed by atoms with E-state index in [1.165, 1.54) is 0 Å². The third-order valence-electron chi connectivity index (χ3n) is 5.58. The van der Waals surface area contributed by atoms with Gasteiger partial charge in [-0.1, -0.05) is 60.7 Å². The average Bonchev–Trinajstić information content (AvgIpc) is 2.80. The van der Waals surface area contributed by atoms with E-state index in [0.29, 0.717) is 11.1 Å². The summed E-state index contributed by atoms with van der Waals surface area (Å²) in [5.74, 6) is -3.12. The van der Waals surface area contributed by atoms with Crippen LogP contribution in [0.2, 0.25) is 0 Å². The second-order valence-corrected chi connectivity index (χ2v) is 7.32. The van der Waals surface area contributed by atoms with Crippen molar-refractivity contribution in [3.05, 3.63) is 102 Å². The molecule has 1 nitrogen and oxygen atoms in total. The molecule has 5 aromatic rings. The molecule has 0 saturated heterocycles. The molecule has 0 amide bonds. The molecular weight excluding hydrogens is 397 g/mol. The molecule has 0 aliphatic carbocycles. The van der Waals surface area contributed by atoms with E-state index in [2.05, 4.69) is 0 Å². The normalized spacial score (nSPS) is 11.2.